The van der Waals surface area contributed by atoms with Gasteiger partial charge in [0.1, 0.15) is 5.75 Å². The average molecular weight is 231 g/mol. The minimum absolute atomic E-state index is 0.698. The number of hydrogen-bond donors (Lipinski definition) is 1. The zero-order valence-corrected chi connectivity index (χ0v) is 10.0. The molecule has 0 radical (unpaired) electrons. The summed E-state index contributed by atoms with van der Waals surface area (Å²) in [7, 11) is 1.70. The monoisotopic (exact) mass is 231 g/mol. The predicted molar refractivity (Wildman–Crippen MR) is 67.3 cm³/mol. The number of fused-ring (bicyclic) bond motifs is 1. The van der Waals surface area contributed by atoms with Gasteiger partial charge in [0, 0.05) is 18.0 Å². The van der Waals surface area contributed by atoms with Crippen LogP contribution in [0.5, 0.6) is 5.75 Å². The SMILES string of the molecule is COc1ccc2cnn(CC3CCNC3)c2c1. The number of rotatable bonds is 3. The number of nitrogens with one attached hydrogen (secondary N) is 1. The van der Waals surface area contributed by atoms with Gasteiger partial charge in [-0.3, -0.25) is 4.68 Å². The summed E-state index contributed by atoms with van der Waals surface area (Å²) in [4.78, 5) is 0. The van der Waals surface area contributed by atoms with Gasteiger partial charge in [-0.1, -0.05) is 0 Å². The lowest BCUT2D eigenvalue weighted by Crippen LogP contribution is -2.15. The smallest absolute Gasteiger partial charge is 0.121 e. The van der Waals surface area contributed by atoms with Gasteiger partial charge in [0.25, 0.3) is 0 Å². The fraction of sp³-hybridized carbons (Fsp3) is 0.462. The molecule has 90 valence electrons. The Morgan fingerprint density at radius 1 is 1.53 bits per heavy atom. The lowest BCUT2D eigenvalue weighted by Gasteiger charge is -2.09. The summed E-state index contributed by atoms with van der Waals surface area (Å²) in [6.45, 7) is 3.22. The Labute approximate surface area is 101 Å². The second kappa shape index (κ2) is 4.37. The highest BCUT2D eigenvalue weighted by atomic mass is 16.5. The van der Waals surface area contributed by atoms with E-state index in [4.69, 9.17) is 4.74 Å². The molecule has 0 bridgehead atoms. The second-order valence-electron chi connectivity index (χ2n) is 4.61. The highest BCUT2D eigenvalue weighted by Crippen LogP contribution is 2.22. The molecule has 1 fully saturated rings. The number of aromatic nitrogens is 2. The quantitative estimate of drug-likeness (QED) is 0.873. The van der Waals surface area contributed by atoms with Crippen molar-refractivity contribution in [3.63, 3.8) is 0 Å². The molecule has 2 heterocycles. The summed E-state index contributed by atoms with van der Waals surface area (Å²) in [6, 6.07) is 6.10. The maximum Gasteiger partial charge on any atom is 0.121 e. The number of hydrogen-bond acceptors (Lipinski definition) is 3. The molecular weight excluding hydrogens is 214 g/mol. The fourth-order valence-electron chi connectivity index (χ4n) is 2.44. The fourth-order valence-corrected chi connectivity index (χ4v) is 2.44. The molecule has 1 unspecified atom stereocenters. The summed E-state index contributed by atoms with van der Waals surface area (Å²) in [5.41, 5.74) is 1.16. The molecule has 1 atom stereocenters. The van der Waals surface area contributed by atoms with E-state index in [0.717, 1.165) is 30.9 Å². The average Bonchev–Trinajstić information content (AvgIpc) is 2.99. The topological polar surface area (TPSA) is 39.1 Å². The molecule has 1 saturated heterocycles. The van der Waals surface area contributed by atoms with Gasteiger partial charge in [-0.25, -0.2) is 0 Å². The van der Waals surface area contributed by atoms with Crippen LogP contribution in [-0.2, 0) is 6.54 Å². The van der Waals surface area contributed by atoms with Gasteiger partial charge < -0.3 is 10.1 Å². The summed E-state index contributed by atoms with van der Waals surface area (Å²) >= 11 is 0. The van der Waals surface area contributed by atoms with Crippen LogP contribution < -0.4 is 10.1 Å². The maximum absolute atomic E-state index is 5.26. The summed E-state index contributed by atoms with van der Waals surface area (Å²) in [5, 5.41) is 9.03. The van der Waals surface area contributed by atoms with Gasteiger partial charge in [0.15, 0.2) is 0 Å². The van der Waals surface area contributed by atoms with E-state index in [0.29, 0.717) is 5.92 Å². The van der Waals surface area contributed by atoms with Crippen LogP contribution in [0.25, 0.3) is 10.9 Å². The molecule has 3 rings (SSSR count). The Morgan fingerprint density at radius 3 is 3.24 bits per heavy atom. The Morgan fingerprint density at radius 2 is 2.47 bits per heavy atom. The molecule has 1 aliphatic heterocycles. The standard InChI is InChI=1S/C13H17N3O/c1-17-12-3-2-11-8-15-16(13(11)6-12)9-10-4-5-14-7-10/h2-3,6,8,10,14H,4-5,7,9H2,1H3. The number of methoxy groups -OCH3 is 1. The largest absolute Gasteiger partial charge is 0.497 e. The van der Waals surface area contributed by atoms with Crippen molar-refractivity contribution < 1.29 is 4.74 Å². The molecule has 1 aromatic carbocycles. The molecule has 1 aromatic heterocycles. The van der Waals surface area contributed by atoms with E-state index in [1.165, 1.54) is 11.8 Å². The molecule has 1 aliphatic rings. The Balaban J connectivity index is 1.92. The summed E-state index contributed by atoms with van der Waals surface area (Å²) in [5.74, 6) is 1.59. The molecule has 0 aliphatic carbocycles. The van der Waals surface area contributed by atoms with Crippen molar-refractivity contribution in [3.05, 3.63) is 24.4 Å². The van der Waals surface area contributed by atoms with E-state index >= 15 is 0 Å². The Bertz CT molecular complexity index is 514. The maximum atomic E-state index is 5.26. The van der Waals surface area contributed by atoms with Crippen LogP contribution >= 0.6 is 0 Å². The van der Waals surface area contributed by atoms with Crippen molar-refractivity contribution >= 4 is 10.9 Å². The third-order valence-corrected chi connectivity index (χ3v) is 3.45. The number of ether oxygens (including phenoxy) is 1. The Kier molecular flexibility index (Phi) is 2.73. The van der Waals surface area contributed by atoms with Crippen LogP contribution in [0.3, 0.4) is 0 Å². The van der Waals surface area contributed by atoms with Crippen molar-refractivity contribution in [1.82, 2.24) is 15.1 Å². The summed E-state index contributed by atoms with van der Waals surface area (Å²) < 4.78 is 7.36. The van der Waals surface area contributed by atoms with Crippen LogP contribution in [0.15, 0.2) is 24.4 Å². The van der Waals surface area contributed by atoms with Gasteiger partial charge in [-0.05, 0) is 37.6 Å². The Hall–Kier alpha value is -1.55. The molecule has 17 heavy (non-hydrogen) atoms. The van der Waals surface area contributed by atoms with Gasteiger partial charge >= 0.3 is 0 Å². The van der Waals surface area contributed by atoms with Gasteiger partial charge in [0.05, 0.1) is 18.8 Å². The zero-order chi connectivity index (χ0) is 11.7. The van der Waals surface area contributed by atoms with Crippen molar-refractivity contribution in [1.29, 1.82) is 0 Å². The first-order valence-electron chi connectivity index (χ1n) is 6.07. The molecule has 1 N–H and O–H groups in total. The normalized spacial score (nSPS) is 19.9. The van der Waals surface area contributed by atoms with Crippen molar-refractivity contribution in [2.75, 3.05) is 20.2 Å². The van der Waals surface area contributed by atoms with Crippen molar-refractivity contribution in [3.8, 4) is 5.75 Å². The van der Waals surface area contributed by atoms with Crippen molar-refractivity contribution in [2.24, 2.45) is 5.92 Å². The third-order valence-electron chi connectivity index (χ3n) is 3.45. The van der Waals surface area contributed by atoms with Gasteiger partial charge in [0.2, 0.25) is 0 Å². The van der Waals surface area contributed by atoms with Crippen molar-refractivity contribution in [2.45, 2.75) is 13.0 Å². The molecule has 4 nitrogen and oxygen atoms in total. The first kappa shape index (κ1) is 10.6. The number of nitrogens with zero attached hydrogens (tertiary/aromatic N) is 2. The summed E-state index contributed by atoms with van der Waals surface area (Å²) in [6.07, 6.45) is 3.17. The zero-order valence-electron chi connectivity index (χ0n) is 10.0. The highest BCUT2D eigenvalue weighted by Gasteiger charge is 2.16. The van der Waals surface area contributed by atoms with Crippen LogP contribution in [0.4, 0.5) is 0 Å². The van der Waals surface area contributed by atoms with E-state index in [-0.39, 0.29) is 0 Å². The lowest BCUT2D eigenvalue weighted by atomic mass is 10.1. The minimum Gasteiger partial charge on any atom is -0.497 e. The van der Waals surface area contributed by atoms with Gasteiger partial charge in [-0.2, -0.15) is 5.10 Å². The first-order chi connectivity index (χ1) is 8.36. The van der Waals surface area contributed by atoms with Crippen LogP contribution in [0, 0.1) is 5.92 Å². The molecule has 0 spiro atoms. The molecule has 4 heteroatoms. The molecule has 0 saturated carbocycles. The van der Waals surface area contributed by atoms with E-state index in [1.54, 1.807) is 7.11 Å². The van der Waals surface area contributed by atoms with E-state index < -0.39 is 0 Å². The van der Waals surface area contributed by atoms with Crippen LogP contribution in [-0.4, -0.2) is 30.0 Å². The molecule has 2 aromatic rings. The first-order valence-corrected chi connectivity index (χ1v) is 6.07. The lowest BCUT2D eigenvalue weighted by molar-refractivity contribution is 0.414. The second-order valence-corrected chi connectivity index (χ2v) is 4.61. The van der Waals surface area contributed by atoms with E-state index in [2.05, 4.69) is 27.2 Å². The minimum atomic E-state index is 0.698. The van der Waals surface area contributed by atoms with Crippen LogP contribution in [0.1, 0.15) is 6.42 Å². The predicted octanol–water partition coefficient (Wildman–Crippen LogP) is 1.65. The van der Waals surface area contributed by atoms with Crippen LogP contribution in [0.2, 0.25) is 0 Å². The highest BCUT2D eigenvalue weighted by molar-refractivity contribution is 5.80. The van der Waals surface area contributed by atoms with E-state index in [9.17, 15) is 0 Å². The molecular formula is C13H17N3O. The number of benzene rings is 1. The third kappa shape index (κ3) is 2.00. The van der Waals surface area contributed by atoms with Gasteiger partial charge in [-0.15, -0.1) is 0 Å². The molecule has 0 amide bonds. The van der Waals surface area contributed by atoms with E-state index in [1.807, 2.05) is 12.3 Å².